The third kappa shape index (κ3) is 4.72. The predicted octanol–water partition coefficient (Wildman–Crippen LogP) is 3.95. The minimum Gasteiger partial charge on any atom is -0.372 e. The molecule has 5 heteroatoms. The van der Waals surface area contributed by atoms with Crippen LogP contribution in [-0.4, -0.2) is 30.0 Å². The van der Waals surface area contributed by atoms with Gasteiger partial charge in [-0.3, -0.25) is 9.78 Å². The Morgan fingerprint density at radius 3 is 2.44 bits per heavy atom. The summed E-state index contributed by atoms with van der Waals surface area (Å²) in [5.74, 6) is -0.154. The number of nitrogens with one attached hydrogen (secondary N) is 2. The van der Waals surface area contributed by atoms with Crippen LogP contribution in [0.4, 0.5) is 17.1 Å². The Labute approximate surface area is 149 Å². The van der Waals surface area contributed by atoms with Crippen LogP contribution in [0.15, 0.2) is 42.6 Å². The van der Waals surface area contributed by atoms with E-state index in [4.69, 9.17) is 0 Å². The number of hydrogen-bond donors (Lipinski definition) is 2. The number of benzene rings is 1. The second-order valence-corrected chi connectivity index (χ2v) is 6.78. The van der Waals surface area contributed by atoms with E-state index in [1.54, 1.807) is 12.3 Å². The Bertz CT molecular complexity index is 706. The third-order valence-electron chi connectivity index (χ3n) is 4.29. The number of anilines is 3. The molecule has 1 amide bonds. The van der Waals surface area contributed by atoms with E-state index in [0.29, 0.717) is 5.69 Å². The number of amides is 1. The maximum Gasteiger partial charge on any atom is 0.270 e. The molecule has 132 valence electrons. The van der Waals surface area contributed by atoms with Gasteiger partial charge in [0.05, 0.1) is 0 Å². The highest BCUT2D eigenvalue weighted by molar-refractivity contribution is 5.93. The number of hydrogen-bond acceptors (Lipinski definition) is 4. The molecular weight excluding hydrogens is 312 g/mol. The van der Waals surface area contributed by atoms with E-state index in [9.17, 15) is 4.79 Å². The second-order valence-electron chi connectivity index (χ2n) is 6.78. The van der Waals surface area contributed by atoms with Crippen LogP contribution in [0.1, 0.15) is 43.6 Å². The second kappa shape index (κ2) is 8.01. The minimum absolute atomic E-state index is 0.0910. The number of carbonyl (C=O) groups is 1. The first-order chi connectivity index (χ1) is 12.1. The first-order valence-corrected chi connectivity index (χ1v) is 9.01. The van der Waals surface area contributed by atoms with Crippen molar-refractivity contribution >= 4 is 23.0 Å². The predicted molar refractivity (Wildman–Crippen MR) is 103 cm³/mol. The summed E-state index contributed by atoms with van der Waals surface area (Å²) in [6.45, 7) is 6.16. The molecule has 2 aromatic rings. The van der Waals surface area contributed by atoms with Gasteiger partial charge < -0.3 is 15.5 Å². The molecule has 1 saturated heterocycles. The quantitative estimate of drug-likeness (QED) is 0.866. The van der Waals surface area contributed by atoms with Crippen molar-refractivity contribution in [2.24, 2.45) is 0 Å². The molecule has 2 heterocycles. The van der Waals surface area contributed by atoms with E-state index in [-0.39, 0.29) is 11.9 Å². The lowest BCUT2D eigenvalue weighted by Gasteiger charge is -2.28. The molecule has 1 aromatic carbocycles. The highest BCUT2D eigenvalue weighted by Gasteiger charge is 2.11. The highest BCUT2D eigenvalue weighted by atomic mass is 16.1. The zero-order valence-corrected chi connectivity index (χ0v) is 15.0. The van der Waals surface area contributed by atoms with E-state index in [1.165, 1.54) is 24.9 Å². The van der Waals surface area contributed by atoms with Gasteiger partial charge in [0.2, 0.25) is 0 Å². The van der Waals surface area contributed by atoms with Crippen LogP contribution in [0.2, 0.25) is 0 Å². The maximum absolute atomic E-state index is 12.1. The standard InChI is InChI=1S/C20H26N4O/c1-15(2)22-20(25)19-14-17(10-11-21-19)23-16-6-8-18(9-7-16)24-12-4-3-5-13-24/h6-11,14-15H,3-5,12-13H2,1-2H3,(H,21,23)(H,22,25). The molecule has 0 bridgehead atoms. The van der Waals surface area contributed by atoms with Gasteiger partial charge in [-0.25, -0.2) is 0 Å². The van der Waals surface area contributed by atoms with E-state index in [2.05, 4.69) is 44.8 Å². The van der Waals surface area contributed by atoms with Crippen LogP contribution in [0, 0.1) is 0 Å². The monoisotopic (exact) mass is 338 g/mol. The Morgan fingerprint density at radius 2 is 1.76 bits per heavy atom. The zero-order valence-electron chi connectivity index (χ0n) is 15.0. The molecule has 0 aliphatic carbocycles. The van der Waals surface area contributed by atoms with Gasteiger partial charge in [-0.15, -0.1) is 0 Å². The molecule has 1 aliphatic heterocycles. The molecule has 3 rings (SSSR count). The van der Waals surface area contributed by atoms with Crippen LogP contribution in [0.5, 0.6) is 0 Å². The molecule has 1 aliphatic rings. The molecule has 5 nitrogen and oxygen atoms in total. The third-order valence-corrected chi connectivity index (χ3v) is 4.29. The lowest BCUT2D eigenvalue weighted by molar-refractivity contribution is 0.0938. The number of piperidine rings is 1. The van der Waals surface area contributed by atoms with Crippen LogP contribution in [-0.2, 0) is 0 Å². The summed E-state index contributed by atoms with van der Waals surface area (Å²) in [5, 5.41) is 6.20. The number of aromatic nitrogens is 1. The molecule has 0 radical (unpaired) electrons. The van der Waals surface area contributed by atoms with Gasteiger partial charge in [-0.2, -0.15) is 0 Å². The van der Waals surface area contributed by atoms with Gasteiger partial charge in [0.25, 0.3) is 5.91 Å². The Balaban J connectivity index is 1.66. The summed E-state index contributed by atoms with van der Waals surface area (Å²) < 4.78 is 0. The molecule has 1 aromatic heterocycles. The molecule has 25 heavy (non-hydrogen) atoms. The SMILES string of the molecule is CC(C)NC(=O)c1cc(Nc2ccc(N3CCCCC3)cc2)ccn1. The Morgan fingerprint density at radius 1 is 1.04 bits per heavy atom. The smallest absolute Gasteiger partial charge is 0.270 e. The van der Waals surface area contributed by atoms with Crippen molar-refractivity contribution in [1.29, 1.82) is 0 Å². The summed E-state index contributed by atoms with van der Waals surface area (Å²) in [5.41, 5.74) is 3.55. The Kier molecular flexibility index (Phi) is 5.53. The number of pyridine rings is 1. The van der Waals surface area contributed by atoms with Crippen LogP contribution < -0.4 is 15.5 Å². The largest absolute Gasteiger partial charge is 0.372 e. The van der Waals surface area contributed by atoms with Crippen molar-refractivity contribution in [3.63, 3.8) is 0 Å². The first-order valence-electron chi connectivity index (χ1n) is 9.01. The molecule has 1 fully saturated rings. The molecule has 2 N–H and O–H groups in total. The summed E-state index contributed by atoms with van der Waals surface area (Å²) in [6, 6.07) is 12.2. The van der Waals surface area contributed by atoms with E-state index >= 15 is 0 Å². The maximum atomic E-state index is 12.1. The van der Waals surface area contributed by atoms with Gasteiger partial charge in [0.1, 0.15) is 5.69 Å². The normalized spacial score (nSPS) is 14.4. The number of carbonyl (C=O) groups excluding carboxylic acids is 1. The topological polar surface area (TPSA) is 57.3 Å². The van der Waals surface area contributed by atoms with Gasteiger partial charge in [-0.1, -0.05) is 0 Å². The van der Waals surface area contributed by atoms with Gasteiger partial charge in [0.15, 0.2) is 0 Å². The fourth-order valence-electron chi connectivity index (χ4n) is 3.04. The average Bonchev–Trinajstić information content (AvgIpc) is 2.63. The van der Waals surface area contributed by atoms with Gasteiger partial charge in [0, 0.05) is 42.4 Å². The van der Waals surface area contributed by atoms with E-state index in [0.717, 1.165) is 24.5 Å². The summed E-state index contributed by atoms with van der Waals surface area (Å²) >= 11 is 0. The molecular formula is C20H26N4O. The van der Waals surface area contributed by atoms with Gasteiger partial charge in [-0.05, 0) is 69.5 Å². The minimum atomic E-state index is -0.154. The lowest BCUT2D eigenvalue weighted by Crippen LogP contribution is -2.30. The van der Waals surface area contributed by atoms with Crippen molar-refractivity contribution in [3.8, 4) is 0 Å². The summed E-state index contributed by atoms with van der Waals surface area (Å²) in [4.78, 5) is 18.7. The molecule has 0 unspecified atom stereocenters. The number of nitrogens with zero attached hydrogens (tertiary/aromatic N) is 2. The van der Waals surface area contributed by atoms with Crippen molar-refractivity contribution < 1.29 is 4.79 Å². The lowest BCUT2D eigenvalue weighted by atomic mass is 10.1. The summed E-state index contributed by atoms with van der Waals surface area (Å²) in [6.07, 6.45) is 5.54. The molecule has 0 atom stereocenters. The summed E-state index contributed by atoms with van der Waals surface area (Å²) in [7, 11) is 0. The fourth-order valence-corrected chi connectivity index (χ4v) is 3.04. The molecule has 0 saturated carbocycles. The van der Waals surface area contributed by atoms with Crippen molar-refractivity contribution in [2.75, 3.05) is 23.3 Å². The van der Waals surface area contributed by atoms with Crippen molar-refractivity contribution in [1.82, 2.24) is 10.3 Å². The van der Waals surface area contributed by atoms with Crippen molar-refractivity contribution in [2.45, 2.75) is 39.2 Å². The zero-order chi connectivity index (χ0) is 17.6. The fraction of sp³-hybridized carbons (Fsp3) is 0.400. The van der Waals surface area contributed by atoms with E-state index in [1.807, 2.05) is 19.9 Å². The van der Waals surface area contributed by atoms with Crippen LogP contribution >= 0.6 is 0 Å². The van der Waals surface area contributed by atoms with E-state index < -0.39 is 0 Å². The molecule has 0 spiro atoms. The van der Waals surface area contributed by atoms with Gasteiger partial charge >= 0.3 is 0 Å². The highest BCUT2D eigenvalue weighted by Crippen LogP contribution is 2.23. The Hall–Kier alpha value is -2.56. The average molecular weight is 338 g/mol. The first kappa shape index (κ1) is 17.3. The number of rotatable bonds is 5. The van der Waals surface area contributed by atoms with Crippen LogP contribution in [0.25, 0.3) is 0 Å². The van der Waals surface area contributed by atoms with Crippen LogP contribution in [0.3, 0.4) is 0 Å². The van der Waals surface area contributed by atoms with Crippen molar-refractivity contribution in [3.05, 3.63) is 48.3 Å².